The molecule has 0 bridgehead atoms. The lowest BCUT2D eigenvalue weighted by atomic mass is 10.1. The Morgan fingerprint density at radius 2 is 1.28 bits per heavy atom. The third kappa shape index (κ3) is 25.1. The molecule has 4 nitrogen and oxygen atoms in total. The largest absolute Gasteiger partial charge is 0.379 e. The van der Waals surface area contributed by atoms with Crippen LogP contribution in [0.25, 0.3) is 0 Å². The van der Waals surface area contributed by atoms with Crippen LogP contribution in [0.2, 0.25) is 0 Å². The Morgan fingerprint density at radius 3 is 1.93 bits per heavy atom. The van der Waals surface area contributed by atoms with E-state index in [0.717, 1.165) is 25.9 Å². The molecule has 29 heavy (non-hydrogen) atoms. The molecule has 0 aliphatic heterocycles. The Balaban J connectivity index is 3.19. The Kier molecular flexibility index (Phi) is 24.4. The van der Waals surface area contributed by atoms with Crippen molar-refractivity contribution in [2.24, 2.45) is 0 Å². The van der Waals surface area contributed by atoms with Gasteiger partial charge in [0.25, 0.3) is 0 Å². The molecule has 0 aliphatic rings. The van der Waals surface area contributed by atoms with Gasteiger partial charge in [0.2, 0.25) is 5.91 Å². The van der Waals surface area contributed by atoms with Crippen LogP contribution in [0.5, 0.6) is 0 Å². The molecule has 1 N–H and O–H groups in total. The number of ether oxygens (including phenoxy) is 2. The predicted molar refractivity (Wildman–Crippen MR) is 124 cm³/mol. The summed E-state index contributed by atoms with van der Waals surface area (Å²) < 4.78 is 10.6. The molecule has 0 rings (SSSR count). The van der Waals surface area contributed by atoms with Gasteiger partial charge in [-0.2, -0.15) is 0 Å². The van der Waals surface area contributed by atoms with E-state index in [2.05, 4.69) is 24.4 Å². The highest BCUT2D eigenvalue weighted by molar-refractivity contribution is 5.75. The number of rotatable bonds is 23. The zero-order valence-electron chi connectivity index (χ0n) is 19.5. The van der Waals surface area contributed by atoms with Crippen molar-refractivity contribution >= 4 is 5.91 Å². The summed E-state index contributed by atoms with van der Waals surface area (Å²) >= 11 is 0. The molecule has 0 atom stereocenters. The zero-order valence-corrected chi connectivity index (χ0v) is 19.5. The van der Waals surface area contributed by atoms with Gasteiger partial charge in [0.15, 0.2) is 0 Å². The van der Waals surface area contributed by atoms with E-state index < -0.39 is 0 Å². The van der Waals surface area contributed by atoms with Crippen molar-refractivity contribution in [3.8, 4) is 0 Å². The number of allylic oxidation sites excluding steroid dienone is 2. The number of carbonyl (C=O) groups excluding carboxylic acids is 1. The van der Waals surface area contributed by atoms with E-state index >= 15 is 0 Å². The third-order valence-electron chi connectivity index (χ3n) is 5.03. The van der Waals surface area contributed by atoms with Crippen LogP contribution >= 0.6 is 0 Å². The number of nitrogens with one attached hydrogen (secondary N) is 1. The fraction of sp³-hybridized carbons (Fsp3) is 0.880. The topological polar surface area (TPSA) is 47.6 Å². The van der Waals surface area contributed by atoms with Crippen molar-refractivity contribution in [3.63, 3.8) is 0 Å². The van der Waals surface area contributed by atoms with Gasteiger partial charge >= 0.3 is 0 Å². The highest BCUT2D eigenvalue weighted by atomic mass is 16.5. The maximum Gasteiger partial charge on any atom is 0.219 e. The van der Waals surface area contributed by atoms with Crippen LogP contribution in [-0.2, 0) is 14.3 Å². The maximum absolute atomic E-state index is 11.8. The number of carbonyl (C=O) groups is 1. The maximum atomic E-state index is 11.8. The van der Waals surface area contributed by atoms with Crippen molar-refractivity contribution in [3.05, 3.63) is 12.2 Å². The Hall–Kier alpha value is -0.870. The quantitative estimate of drug-likeness (QED) is 0.152. The van der Waals surface area contributed by atoms with Gasteiger partial charge in [-0.05, 0) is 45.4 Å². The molecule has 172 valence electrons. The van der Waals surface area contributed by atoms with Crippen LogP contribution in [-0.4, -0.2) is 38.9 Å². The molecule has 0 aromatic carbocycles. The molecular weight excluding hydrogens is 362 g/mol. The van der Waals surface area contributed by atoms with E-state index in [4.69, 9.17) is 9.47 Å². The van der Waals surface area contributed by atoms with Gasteiger partial charge in [-0.25, -0.2) is 0 Å². The average molecular weight is 412 g/mol. The van der Waals surface area contributed by atoms with Crippen LogP contribution in [0, 0.1) is 0 Å². The lowest BCUT2D eigenvalue weighted by Gasteiger charge is -2.06. The van der Waals surface area contributed by atoms with Crippen LogP contribution in [0.4, 0.5) is 0 Å². The Morgan fingerprint density at radius 1 is 0.690 bits per heavy atom. The minimum Gasteiger partial charge on any atom is -0.379 e. The number of unbranched alkanes of at least 4 members (excludes halogenated alkanes) is 11. The fourth-order valence-electron chi connectivity index (χ4n) is 3.21. The first-order chi connectivity index (χ1) is 14.3. The number of hydrogen-bond acceptors (Lipinski definition) is 3. The normalized spacial score (nSPS) is 11.4. The lowest BCUT2D eigenvalue weighted by Crippen LogP contribution is -2.25. The lowest BCUT2D eigenvalue weighted by molar-refractivity contribution is -0.121. The summed E-state index contributed by atoms with van der Waals surface area (Å²) in [7, 11) is 0. The van der Waals surface area contributed by atoms with E-state index in [9.17, 15) is 4.79 Å². The van der Waals surface area contributed by atoms with Crippen molar-refractivity contribution in [2.45, 2.75) is 110 Å². The van der Waals surface area contributed by atoms with Crippen molar-refractivity contribution < 1.29 is 14.3 Å². The van der Waals surface area contributed by atoms with Crippen molar-refractivity contribution in [1.82, 2.24) is 5.32 Å². The Bertz CT molecular complexity index is 358. The van der Waals surface area contributed by atoms with E-state index in [-0.39, 0.29) is 5.91 Å². The first-order valence-electron chi connectivity index (χ1n) is 12.4. The van der Waals surface area contributed by atoms with Gasteiger partial charge in [-0.3, -0.25) is 4.79 Å². The summed E-state index contributed by atoms with van der Waals surface area (Å²) in [6, 6.07) is 0. The second kappa shape index (κ2) is 25.2. The average Bonchev–Trinajstić information content (AvgIpc) is 2.72. The van der Waals surface area contributed by atoms with E-state index in [1.807, 2.05) is 6.92 Å². The highest BCUT2D eigenvalue weighted by Crippen LogP contribution is 2.09. The fourth-order valence-corrected chi connectivity index (χ4v) is 3.21. The van der Waals surface area contributed by atoms with Crippen LogP contribution in [0.1, 0.15) is 110 Å². The van der Waals surface area contributed by atoms with Crippen molar-refractivity contribution in [2.75, 3.05) is 33.0 Å². The Labute approximate surface area is 181 Å². The van der Waals surface area contributed by atoms with Crippen LogP contribution in [0.15, 0.2) is 12.2 Å². The number of hydrogen-bond donors (Lipinski definition) is 1. The molecule has 0 aliphatic carbocycles. The third-order valence-corrected chi connectivity index (χ3v) is 5.03. The first kappa shape index (κ1) is 28.1. The van der Waals surface area contributed by atoms with Crippen LogP contribution in [0.3, 0.4) is 0 Å². The van der Waals surface area contributed by atoms with E-state index in [1.165, 1.54) is 70.6 Å². The minimum absolute atomic E-state index is 0.178. The monoisotopic (exact) mass is 411 g/mol. The summed E-state index contributed by atoms with van der Waals surface area (Å²) in [6.07, 6.45) is 23.0. The predicted octanol–water partition coefficient (Wildman–Crippen LogP) is 6.58. The summed E-state index contributed by atoms with van der Waals surface area (Å²) in [5.41, 5.74) is 0. The van der Waals surface area contributed by atoms with Crippen molar-refractivity contribution in [1.29, 1.82) is 0 Å². The first-order valence-corrected chi connectivity index (χ1v) is 12.4. The van der Waals surface area contributed by atoms with Gasteiger partial charge in [0.05, 0.1) is 13.2 Å². The summed E-state index contributed by atoms with van der Waals surface area (Å²) in [5, 5.41) is 2.97. The van der Waals surface area contributed by atoms with Crippen LogP contribution < -0.4 is 5.32 Å². The molecule has 0 saturated carbocycles. The molecule has 0 fully saturated rings. The van der Waals surface area contributed by atoms with Gasteiger partial charge in [-0.15, -0.1) is 0 Å². The SMILES string of the molecule is CCCCCCCC/C=C/CCCCCCCC(=O)NCCCOCCOCC. The second-order valence-corrected chi connectivity index (χ2v) is 7.85. The summed E-state index contributed by atoms with van der Waals surface area (Å²) in [5.74, 6) is 0.178. The molecule has 0 heterocycles. The molecule has 0 saturated heterocycles. The highest BCUT2D eigenvalue weighted by Gasteiger charge is 2.00. The van der Waals surface area contributed by atoms with Gasteiger partial charge in [0, 0.05) is 26.2 Å². The summed E-state index contributed by atoms with van der Waals surface area (Å²) in [4.78, 5) is 11.8. The molecule has 0 aromatic heterocycles. The second-order valence-electron chi connectivity index (χ2n) is 7.85. The standard InChI is InChI=1S/C25H49NO3/c1-3-5-6-7-8-9-10-11-12-13-14-15-16-17-18-20-25(27)26-21-19-22-29-24-23-28-4-2/h11-12H,3-10,13-24H2,1-2H3,(H,26,27)/b12-11+. The van der Waals surface area contributed by atoms with E-state index in [0.29, 0.717) is 32.8 Å². The minimum atomic E-state index is 0.178. The molecule has 0 radical (unpaired) electrons. The molecule has 0 aromatic rings. The molecule has 1 amide bonds. The van der Waals surface area contributed by atoms with Gasteiger partial charge in [0.1, 0.15) is 0 Å². The number of amides is 1. The zero-order chi connectivity index (χ0) is 21.3. The van der Waals surface area contributed by atoms with Gasteiger partial charge in [-0.1, -0.05) is 70.4 Å². The van der Waals surface area contributed by atoms with E-state index in [1.54, 1.807) is 0 Å². The summed E-state index contributed by atoms with van der Waals surface area (Å²) in [6.45, 7) is 7.65. The smallest absolute Gasteiger partial charge is 0.219 e. The van der Waals surface area contributed by atoms with Gasteiger partial charge < -0.3 is 14.8 Å². The molecule has 0 unspecified atom stereocenters. The molecule has 4 heteroatoms. The molecular formula is C25H49NO3. The molecule has 0 spiro atoms.